The molecule has 0 aliphatic carbocycles. The van der Waals surface area contributed by atoms with Crippen LogP contribution in [-0.4, -0.2) is 35.1 Å². The maximum absolute atomic E-state index is 11.9. The van der Waals surface area contributed by atoms with Gasteiger partial charge in [-0.25, -0.2) is 0 Å². The third-order valence-corrected chi connectivity index (χ3v) is 4.90. The van der Waals surface area contributed by atoms with Gasteiger partial charge < -0.3 is 14.8 Å². The number of nitrogens with zero attached hydrogens (tertiary/aromatic N) is 2. The summed E-state index contributed by atoms with van der Waals surface area (Å²) >= 11 is 2.90. The van der Waals surface area contributed by atoms with Crippen LogP contribution >= 0.6 is 23.1 Å². The van der Waals surface area contributed by atoms with Gasteiger partial charge in [-0.3, -0.25) is 4.79 Å². The maximum Gasteiger partial charge on any atom is 0.226 e. The van der Waals surface area contributed by atoms with Crippen molar-refractivity contribution in [1.29, 1.82) is 0 Å². The first-order chi connectivity index (χ1) is 12.2. The lowest BCUT2D eigenvalue weighted by Gasteiger charge is -2.07. The van der Waals surface area contributed by atoms with Crippen LogP contribution in [0.3, 0.4) is 0 Å². The number of thioether (sulfide) groups is 1. The molecular formula is C17H21N3O3S2. The molecule has 0 radical (unpaired) electrons. The standard InChI is InChI=1S/C17H21N3O3S2/c1-3-12-24-17-20-19-16(25-17)18-15(21)6-5-11-23-14-9-7-13(8-10-14)22-4-2/h3,7-10H,1,4-6,11-12H2,2H3,(H,18,19,21). The summed E-state index contributed by atoms with van der Waals surface area (Å²) in [6.45, 7) is 6.70. The molecule has 0 saturated carbocycles. The molecule has 0 bridgehead atoms. The zero-order valence-corrected chi connectivity index (χ0v) is 15.7. The van der Waals surface area contributed by atoms with Crippen LogP contribution in [0.4, 0.5) is 5.13 Å². The zero-order valence-electron chi connectivity index (χ0n) is 14.1. The van der Waals surface area contributed by atoms with Crippen molar-refractivity contribution in [2.24, 2.45) is 0 Å². The van der Waals surface area contributed by atoms with Gasteiger partial charge in [0.2, 0.25) is 11.0 Å². The molecule has 2 rings (SSSR count). The molecule has 1 aromatic heterocycles. The van der Waals surface area contributed by atoms with E-state index in [1.807, 2.05) is 31.2 Å². The van der Waals surface area contributed by atoms with Gasteiger partial charge in [-0.05, 0) is 37.6 Å². The summed E-state index contributed by atoms with van der Waals surface area (Å²) in [4.78, 5) is 11.9. The Morgan fingerprint density at radius 2 is 2.00 bits per heavy atom. The smallest absolute Gasteiger partial charge is 0.226 e. The van der Waals surface area contributed by atoms with Crippen LogP contribution in [-0.2, 0) is 4.79 Å². The first-order valence-corrected chi connectivity index (χ1v) is 9.74. The Labute approximate surface area is 155 Å². The molecule has 1 amide bonds. The molecule has 0 saturated heterocycles. The molecular weight excluding hydrogens is 358 g/mol. The monoisotopic (exact) mass is 379 g/mol. The number of carbonyl (C=O) groups excluding carboxylic acids is 1. The van der Waals surface area contributed by atoms with E-state index < -0.39 is 0 Å². The Morgan fingerprint density at radius 1 is 1.28 bits per heavy atom. The molecule has 6 nitrogen and oxygen atoms in total. The SMILES string of the molecule is C=CCSc1nnc(NC(=O)CCCOc2ccc(OCC)cc2)s1. The Bertz CT molecular complexity index is 674. The second-order valence-electron chi connectivity index (χ2n) is 4.88. The summed E-state index contributed by atoms with van der Waals surface area (Å²) in [5, 5.41) is 11.2. The quantitative estimate of drug-likeness (QED) is 0.275. The molecule has 0 spiro atoms. The lowest BCUT2D eigenvalue weighted by molar-refractivity contribution is -0.116. The number of hydrogen-bond donors (Lipinski definition) is 1. The Kier molecular flexibility index (Phi) is 8.27. The minimum Gasteiger partial charge on any atom is -0.494 e. The minimum absolute atomic E-state index is 0.0910. The highest BCUT2D eigenvalue weighted by molar-refractivity contribution is 8.01. The molecule has 1 heterocycles. The number of hydrogen-bond acceptors (Lipinski definition) is 7. The van der Waals surface area contributed by atoms with Gasteiger partial charge in [-0.15, -0.1) is 16.8 Å². The van der Waals surface area contributed by atoms with Crippen LogP contribution in [0.1, 0.15) is 19.8 Å². The van der Waals surface area contributed by atoms with Crippen LogP contribution in [0, 0.1) is 0 Å². The molecule has 134 valence electrons. The number of carbonyl (C=O) groups is 1. The van der Waals surface area contributed by atoms with E-state index in [9.17, 15) is 4.79 Å². The lowest BCUT2D eigenvalue weighted by atomic mass is 10.3. The Balaban J connectivity index is 1.64. The minimum atomic E-state index is -0.0910. The number of amides is 1. The maximum atomic E-state index is 11.9. The van der Waals surface area contributed by atoms with Crippen LogP contribution in [0.15, 0.2) is 41.3 Å². The van der Waals surface area contributed by atoms with E-state index >= 15 is 0 Å². The molecule has 0 atom stereocenters. The van der Waals surface area contributed by atoms with Crippen LogP contribution in [0.2, 0.25) is 0 Å². The van der Waals surface area contributed by atoms with Crippen molar-refractivity contribution in [2.45, 2.75) is 24.1 Å². The topological polar surface area (TPSA) is 73.3 Å². The normalized spacial score (nSPS) is 10.3. The van der Waals surface area contributed by atoms with E-state index in [1.54, 1.807) is 6.08 Å². The summed E-state index contributed by atoms with van der Waals surface area (Å²) in [7, 11) is 0. The van der Waals surface area contributed by atoms with Crippen molar-refractivity contribution >= 4 is 34.1 Å². The third kappa shape index (κ3) is 7.15. The summed E-state index contributed by atoms with van der Waals surface area (Å²) in [6, 6.07) is 7.44. The van der Waals surface area contributed by atoms with Crippen LogP contribution in [0.5, 0.6) is 11.5 Å². The number of anilines is 1. The fourth-order valence-electron chi connectivity index (χ4n) is 1.85. The molecule has 8 heteroatoms. The highest BCUT2D eigenvalue weighted by Gasteiger charge is 2.08. The van der Waals surface area contributed by atoms with E-state index in [-0.39, 0.29) is 5.91 Å². The van der Waals surface area contributed by atoms with Crippen molar-refractivity contribution in [3.05, 3.63) is 36.9 Å². The highest BCUT2D eigenvalue weighted by atomic mass is 32.2. The van der Waals surface area contributed by atoms with Gasteiger partial charge in [0.1, 0.15) is 11.5 Å². The average Bonchev–Trinajstić information content (AvgIpc) is 3.06. The van der Waals surface area contributed by atoms with E-state index in [1.165, 1.54) is 23.1 Å². The second kappa shape index (κ2) is 10.7. The van der Waals surface area contributed by atoms with Crippen molar-refractivity contribution in [1.82, 2.24) is 10.2 Å². The lowest BCUT2D eigenvalue weighted by Crippen LogP contribution is -2.12. The highest BCUT2D eigenvalue weighted by Crippen LogP contribution is 2.25. The molecule has 0 unspecified atom stereocenters. The second-order valence-corrected chi connectivity index (χ2v) is 7.12. The predicted molar refractivity (Wildman–Crippen MR) is 102 cm³/mol. The number of rotatable bonds is 11. The summed E-state index contributed by atoms with van der Waals surface area (Å²) in [5.41, 5.74) is 0. The number of benzene rings is 1. The predicted octanol–water partition coefficient (Wildman–Crippen LogP) is 4.01. The van der Waals surface area contributed by atoms with Gasteiger partial charge in [-0.2, -0.15) is 0 Å². The van der Waals surface area contributed by atoms with Crippen LogP contribution < -0.4 is 14.8 Å². The molecule has 0 fully saturated rings. The van der Waals surface area contributed by atoms with Crippen molar-refractivity contribution < 1.29 is 14.3 Å². The number of nitrogens with one attached hydrogen (secondary N) is 1. The Morgan fingerprint density at radius 3 is 2.68 bits per heavy atom. The van der Waals surface area contributed by atoms with Crippen molar-refractivity contribution in [2.75, 3.05) is 24.3 Å². The van der Waals surface area contributed by atoms with E-state index in [0.717, 1.165) is 21.6 Å². The van der Waals surface area contributed by atoms with Gasteiger partial charge in [0.25, 0.3) is 0 Å². The third-order valence-electron chi connectivity index (χ3n) is 2.93. The van der Waals surface area contributed by atoms with Crippen LogP contribution in [0.25, 0.3) is 0 Å². The van der Waals surface area contributed by atoms with Gasteiger partial charge in [0, 0.05) is 12.2 Å². The molecule has 0 aliphatic rings. The molecule has 1 aromatic carbocycles. The van der Waals surface area contributed by atoms with Crippen molar-refractivity contribution in [3.8, 4) is 11.5 Å². The van der Waals surface area contributed by atoms with E-state index in [0.29, 0.717) is 31.2 Å². The molecule has 25 heavy (non-hydrogen) atoms. The van der Waals surface area contributed by atoms with Gasteiger partial charge in [0.05, 0.1) is 13.2 Å². The zero-order chi connectivity index (χ0) is 17.9. The van der Waals surface area contributed by atoms with E-state index in [2.05, 4.69) is 22.1 Å². The fraction of sp³-hybridized carbons (Fsp3) is 0.353. The first kappa shape index (κ1) is 19.3. The molecule has 0 aliphatic heterocycles. The summed E-state index contributed by atoms with van der Waals surface area (Å²) in [5.74, 6) is 2.26. The molecule has 2 aromatic rings. The Hall–Kier alpha value is -2.06. The molecule has 1 N–H and O–H groups in total. The van der Waals surface area contributed by atoms with Gasteiger partial charge >= 0.3 is 0 Å². The van der Waals surface area contributed by atoms with Gasteiger partial charge in [0.15, 0.2) is 4.34 Å². The summed E-state index contributed by atoms with van der Waals surface area (Å²) in [6.07, 6.45) is 2.79. The average molecular weight is 380 g/mol. The first-order valence-electron chi connectivity index (χ1n) is 7.94. The number of aromatic nitrogens is 2. The van der Waals surface area contributed by atoms with Gasteiger partial charge in [-0.1, -0.05) is 29.2 Å². The van der Waals surface area contributed by atoms with Crippen molar-refractivity contribution in [3.63, 3.8) is 0 Å². The number of ether oxygens (including phenoxy) is 2. The summed E-state index contributed by atoms with van der Waals surface area (Å²) < 4.78 is 11.8. The largest absolute Gasteiger partial charge is 0.494 e. The fourth-order valence-corrected chi connectivity index (χ4v) is 3.38. The van der Waals surface area contributed by atoms with E-state index in [4.69, 9.17) is 9.47 Å².